The van der Waals surface area contributed by atoms with Crippen LogP contribution in [0.25, 0.3) is 0 Å². The lowest BCUT2D eigenvalue weighted by atomic mass is 9.82. The van der Waals surface area contributed by atoms with Gasteiger partial charge in [0.2, 0.25) is 0 Å². The van der Waals surface area contributed by atoms with Gasteiger partial charge in [-0.05, 0) is 25.3 Å². The molecular weight excluding hydrogens is 262 g/mol. The summed E-state index contributed by atoms with van der Waals surface area (Å²) in [4.78, 5) is 14.1. The molecule has 1 fully saturated rings. The Morgan fingerprint density at radius 1 is 1.24 bits per heavy atom. The molecule has 0 aliphatic heterocycles. The van der Waals surface area contributed by atoms with Gasteiger partial charge in [-0.15, -0.1) is 0 Å². The average Bonchev–Trinajstić information content (AvgIpc) is 2.56. The van der Waals surface area contributed by atoms with E-state index in [-0.39, 0.29) is 6.61 Å². The molecule has 0 heterocycles. The fraction of sp³-hybridized carbons (Fsp3) is 0.611. The van der Waals surface area contributed by atoms with E-state index in [0.717, 1.165) is 11.8 Å². The highest BCUT2D eigenvalue weighted by molar-refractivity contribution is 5.68. The fourth-order valence-corrected chi connectivity index (χ4v) is 3.40. The summed E-state index contributed by atoms with van der Waals surface area (Å²) < 4.78 is 0. The summed E-state index contributed by atoms with van der Waals surface area (Å²) in [6.07, 6.45) is 7.27. The number of rotatable bonds is 7. The van der Waals surface area contributed by atoms with Crippen LogP contribution in [0, 0.1) is 0 Å². The molecule has 1 aliphatic carbocycles. The first-order valence-electron chi connectivity index (χ1n) is 8.06. The first-order chi connectivity index (χ1) is 10.2. The van der Waals surface area contributed by atoms with Crippen molar-refractivity contribution >= 4 is 6.29 Å². The van der Waals surface area contributed by atoms with E-state index in [1.807, 2.05) is 37.3 Å². The molecule has 21 heavy (non-hydrogen) atoms. The normalized spacial score (nSPS) is 19.4. The van der Waals surface area contributed by atoms with Gasteiger partial charge < -0.3 is 9.90 Å². The molecule has 116 valence electrons. The van der Waals surface area contributed by atoms with E-state index < -0.39 is 5.41 Å². The molecule has 0 saturated heterocycles. The number of benzene rings is 1. The van der Waals surface area contributed by atoms with Crippen LogP contribution in [-0.4, -0.2) is 42.0 Å². The molecule has 3 nitrogen and oxygen atoms in total. The Kier molecular flexibility index (Phi) is 5.95. The third kappa shape index (κ3) is 4.14. The molecule has 1 aromatic rings. The molecule has 1 saturated carbocycles. The van der Waals surface area contributed by atoms with Crippen molar-refractivity contribution in [3.05, 3.63) is 35.9 Å². The third-order valence-corrected chi connectivity index (χ3v) is 4.70. The SMILES string of the molecule is CC(C=O)(CN(CCO)C1CCCCC1)c1ccccc1. The summed E-state index contributed by atoms with van der Waals surface area (Å²) in [5.41, 5.74) is 0.548. The predicted octanol–water partition coefficient (Wildman–Crippen LogP) is 2.77. The zero-order valence-corrected chi connectivity index (χ0v) is 13.0. The third-order valence-electron chi connectivity index (χ3n) is 4.70. The zero-order valence-electron chi connectivity index (χ0n) is 13.0. The minimum absolute atomic E-state index is 0.153. The lowest BCUT2D eigenvalue weighted by Crippen LogP contribution is -2.47. The van der Waals surface area contributed by atoms with Crippen molar-refractivity contribution in [2.45, 2.75) is 50.5 Å². The van der Waals surface area contributed by atoms with Crippen molar-refractivity contribution in [1.29, 1.82) is 0 Å². The molecule has 0 aromatic heterocycles. The molecule has 1 unspecified atom stereocenters. The van der Waals surface area contributed by atoms with Crippen molar-refractivity contribution in [3.8, 4) is 0 Å². The van der Waals surface area contributed by atoms with Gasteiger partial charge in [0.25, 0.3) is 0 Å². The van der Waals surface area contributed by atoms with Gasteiger partial charge in [0, 0.05) is 19.1 Å². The van der Waals surface area contributed by atoms with Crippen LogP contribution >= 0.6 is 0 Å². The molecule has 2 rings (SSSR count). The maximum Gasteiger partial charge on any atom is 0.131 e. The Morgan fingerprint density at radius 3 is 2.48 bits per heavy atom. The van der Waals surface area contributed by atoms with E-state index in [1.54, 1.807) is 0 Å². The first kappa shape index (κ1) is 16.2. The summed E-state index contributed by atoms with van der Waals surface area (Å²) in [5, 5.41) is 9.38. The number of aldehydes is 1. The minimum Gasteiger partial charge on any atom is -0.395 e. The largest absolute Gasteiger partial charge is 0.395 e. The average molecular weight is 289 g/mol. The van der Waals surface area contributed by atoms with Gasteiger partial charge in [0.1, 0.15) is 6.29 Å². The van der Waals surface area contributed by atoms with Crippen LogP contribution in [0.3, 0.4) is 0 Å². The van der Waals surface area contributed by atoms with Crippen molar-refractivity contribution in [3.63, 3.8) is 0 Å². The van der Waals surface area contributed by atoms with Crippen LogP contribution < -0.4 is 0 Å². The molecule has 0 spiro atoms. The van der Waals surface area contributed by atoms with Gasteiger partial charge in [0.05, 0.1) is 12.0 Å². The first-order valence-corrected chi connectivity index (χ1v) is 8.06. The quantitative estimate of drug-likeness (QED) is 0.785. The Labute approximate surface area is 128 Å². The predicted molar refractivity (Wildman–Crippen MR) is 85.4 cm³/mol. The van der Waals surface area contributed by atoms with E-state index in [2.05, 4.69) is 4.90 Å². The number of carbonyl (C=O) groups is 1. The van der Waals surface area contributed by atoms with Crippen molar-refractivity contribution in [2.24, 2.45) is 0 Å². The van der Waals surface area contributed by atoms with Gasteiger partial charge in [-0.3, -0.25) is 4.90 Å². The van der Waals surface area contributed by atoms with Crippen LogP contribution in [0.4, 0.5) is 0 Å². The maximum absolute atomic E-state index is 11.8. The fourth-order valence-electron chi connectivity index (χ4n) is 3.40. The summed E-state index contributed by atoms with van der Waals surface area (Å²) in [6, 6.07) is 10.5. The van der Waals surface area contributed by atoms with E-state index in [0.29, 0.717) is 19.1 Å². The van der Waals surface area contributed by atoms with Crippen LogP contribution in [0.1, 0.15) is 44.6 Å². The van der Waals surface area contributed by atoms with Crippen molar-refractivity contribution in [1.82, 2.24) is 4.90 Å². The van der Waals surface area contributed by atoms with Crippen LogP contribution in [-0.2, 0) is 10.2 Å². The lowest BCUT2D eigenvalue weighted by molar-refractivity contribution is -0.113. The highest BCUT2D eigenvalue weighted by Crippen LogP contribution is 2.28. The van der Waals surface area contributed by atoms with Crippen molar-refractivity contribution < 1.29 is 9.90 Å². The van der Waals surface area contributed by atoms with E-state index >= 15 is 0 Å². The van der Waals surface area contributed by atoms with Crippen molar-refractivity contribution in [2.75, 3.05) is 19.7 Å². The highest BCUT2D eigenvalue weighted by atomic mass is 16.3. The number of nitrogens with zero attached hydrogens (tertiary/aromatic N) is 1. The summed E-state index contributed by atoms with van der Waals surface area (Å²) in [7, 11) is 0. The Balaban J connectivity index is 2.14. The second kappa shape index (κ2) is 7.71. The van der Waals surface area contributed by atoms with E-state index in [1.165, 1.54) is 32.1 Å². The summed E-state index contributed by atoms with van der Waals surface area (Å²) >= 11 is 0. The van der Waals surface area contributed by atoms with Crippen LogP contribution in [0.2, 0.25) is 0 Å². The molecule has 0 radical (unpaired) electrons. The standard InChI is InChI=1S/C18H27NO2/c1-18(15-21,16-8-4-2-5-9-16)14-19(12-13-20)17-10-6-3-7-11-17/h2,4-5,8-9,15,17,20H,3,6-7,10-14H2,1H3. The minimum atomic E-state index is -0.506. The maximum atomic E-state index is 11.8. The Morgan fingerprint density at radius 2 is 1.90 bits per heavy atom. The molecular formula is C18H27NO2. The topological polar surface area (TPSA) is 40.5 Å². The Hall–Kier alpha value is -1.19. The number of hydrogen-bond acceptors (Lipinski definition) is 3. The monoisotopic (exact) mass is 289 g/mol. The molecule has 1 aromatic carbocycles. The van der Waals surface area contributed by atoms with E-state index in [4.69, 9.17) is 0 Å². The lowest BCUT2D eigenvalue weighted by Gasteiger charge is -2.38. The van der Waals surface area contributed by atoms with Gasteiger partial charge in [-0.25, -0.2) is 0 Å². The molecule has 0 amide bonds. The molecule has 1 aliphatic rings. The van der Waals surface area contributed by atoms with Gasteiger partial charge in [0.15, 0.2) is 0 Å². The number of aliphatic hydroxyl groups is 1. The number of carbonyl (C=O) groups excluding carboxylic acids is 1. The second-order valence-corrected chi connectivity index (χ2v) is 6.39. The smallest absolute Gasteiger partial charge is 0.131 e. The zero-order chi connectivity index (χ0) is 15.1. The summed E-state index contributed by atoms with van der Waals surface area (Å²) in [5.74, 6) is 0. The van der Waals surface area contributed by atoms with Gasteiger partial charge >= 0.3 is 0 Å². The highest BCUT2D eigenvalue weighted by Gasteiger charge is 2.32. The van der Waals surface area contributed by atoms with Crippen LogP contribution in [0.5, 0.6) is 0 Å². The molecule has 1 N–H and O–H groups in total. The summed E-state index contributed by atoms with van der Waals surface area (Å²) in [6.45, 7) is 3.50. The molecule has 3 heteroatoms. The Bertz CT molecular complexity index is 428. The molecule has 0 bridgehead atoms. The molecule has 1 atom stereocenters. The van der Waals surface area contributed by atoms with Crippen LogP contribution in [0.15, 0.2) is 30.3 Å². The number of aliphatic hydroxyl groups excluding tert-OH is 1. The van der Waals surface area contributed by atoms with Gasteiger partial charge in [-0.2, -0.15) is 0 Å². The number of hydrogen-bond donors (Lipinski definition) is 1. The van der Waals surface area contributed by atoms with E-state index in [9.17, 15) is 9.90 Å². The van der Waals surface area contributed by atoms with Gasteiger partial charge in [-0.1, -0.05) is 49.6 Å². The second-order valence-electron chi connectivity index (χ2n) is 6.39.